The number of ether oxygens (including phenoxy) is 2. The second-order valence-corrected chi connectivity index (χ2v) is 12.4. The summed E-state index contributed by atoms with van der Waals surface area (Å²) in [6.45, 7) is 1.58. The fraction of sp³-hybridized carbons (Fsp3) is 0.200. The number of halogens is 1. The number of carbonyl (C=O) groups is 3. The van der Waals surface area contributed by atoms with Crippen molar-refractivity contribution >= 4 is 63.8 Å². The molecule has 2 N–H and O–H groups in total. The van der Waals surface area contributed by atoms with Gasteiger partial charge in [-0.3, -0.25) is 19.2 Å². The lowest BCUT2D eigenvalue weighted by Gasteiger charge is -2.31. The van der Waals surface area contributed by atoms with Crippen LogP contribution in [0.5, 0.6) is 11.5 Å². The van der Waals surface area contributed by atoms with Crippen LogP contribution >= 0.6 is 34.7 Å². The third-order valence-corrected chi connectivity index (χ3v) is 9.88. The Morgan fingerprint density at radius 2 is 1.81 bits per heavy atom. The number of H-pyrrole nitrogens is 1. The Balaban J connectivity index is 1.36. The first-order valence-corrected chi connectivity index (χ1v) is 15.0. The average molecular weight is 622 g/mol. The molecule has 0 unspecified atom stereocenters. The molecule has 9 nitrogen and oxygen atoms in total. The minimum absolute atomic E-state index is 0.300. The van der Waals surface area contributed by atoms with Crippen molar-refractivity contribution in [1.29, 1.82) is 0 Å². The third-order valence-electron chi connectivity index (χ3n) is 7.24. The molecule has 2 aliphatic heterocycles. The van der Waals surface area contributed by atoms with Gasteiger partial charge in [-0.2, -0.15) is 0 Å². The second-order valence-electron chi connectivity index (χ2n) is 9.79. The molecular weight excluding hydrogens is 598 g/mol. The van der Waals surface area contributed by atoms with Gasteiger partial charge < -0.3 is 19.8 Å². The van der Waals surface area contributed by atoms with Crippen molar-refractivity contribution < 1.29 is 23.9 Å². The van der Waals surface area contributed by atoms with E-state index in [4.69, 9.17) is 21.1 Å². The number of hydrogen-bond acceptors (Lipinski definition) is 8. The van der Waals surface area contributed by atoms with E-state index in [1.54, 1.807) is 48.5 Å². The number of fused-ring (bicyclic) bond motifs is 2. The molecule has 3 aromatic carbocycles. The van der Waals surface area contributed by atoms with Crippen LogP contribution in [-0.4, -0.2) is 41.7 Å². The summed E-state index contributed by atoms with van der Waals surface area (Å²) in [5.74, 6) is -1.80. The van der Waals surface area contributed by atoms with Gasteiger partial charge in [0.1, 0.15) is 16.7 Å². The van der Waals surface area contributed by atoms with E-state index >= 15 is 0 Å². The molecule has 12 heteroatoms. The number of carbonyl (C=O) groups excluding carboxylic acids is 3. The number of rotatable bonds is 7. The van der Waals surface area contributed by atoms with E-state index in [0.717, 1.165) is 16.9 Å². The molecule has 0 aliphatic carbocycles. The standard InChI is InChI=1S/C30H24ClN3O6S2/c1-15-5-3-4-6-20(15)32-22(35)14-40-21-12-7-16(31)13-19(21)23-24-26(41-27-25(23)42-30(38)33-27)29(37)34(28(24)36)17-8-10-18(39-2)11-9-17/h3-13,23-24,26H,14H2,1-2H3,(H,32,35)(H,33,38)/t23-,24-,26+/m0/s1. The first-order chi connectivity index (χ1) is 20.2. The van der Waals surface area contributed by atoms with Gasteiger partial charge in [0.15, 0.2) is 6.61 Å². The molecule has 3 heterocycles. The predicted molar refractivity (Wildman–Crippen MR) is 162 cm³/mol. The van der Waals surface area contributed by atoms with E-state index in [1.807, 2.05) is 25.1 Å². The molecule has 3 atom stereocenters. The molecule has 0 radical (unpaired) electrons. The number of imide groups is 1. The fourth-order valence-electron chi connectivity index (χ4n) is 5.27. The Hall–Kier alpha value is -4.06. The molecular formula is C30H24ClN3O6S2. The van der Waals surface area contributed by atoms with E-state index in [2.05, 4.69) is 10.3 Å². The summed E-state index contributed by atoms with van der Waals surface area (Å²) in [4.78, 5) is 57.4. The molecule has 6 rings (SSSR count). The number of methoxy groups -OCH3 is 1. The second kappa shape index (κ2) is 11.3. The van der Waals surface area contributed by atoms with Gasteiger partial charge in [0, 0.05) is 27.1 Å². The zero-order chi connectivity index (χ0) is 29.5. The van der Waals surface area contributed by atoms with Gasteiger partial charge in [-0.15, -0.1) is 0 Å². The van der Waals surface area contributed by atoms with Crippen LogP contribution in [0.4, 0.5) is 11.4 Å². The van der Waals surface area contributed by atoms with Gasteiger partial charge >= 0.3 is 4.87 Å². The zero-order valence-electron chi connectivity index (χ0n) is 22.4. The van der Waals surface area contributed by atoms with E-state index in [-0.39, 0.29) is 23.3 Å². The maximum Gasteiger partial charge on any atom is 0.305 e. The molecule has 1 saturated heterocycles. The van der Waals surface area contributed by atoms with Gasteiger partial charge in [0.25, 0.3) is 5.91 Å². The molecule has 0 saturated carbocycles. The smallest absolute Gasteiger partial charge is 0.305 e. The molecule has 2 aliphatic rings. The summed E-state index contributed by atoms with van der Waals surface area (Å²) in [7, 11) is 1.53. The van der Waals surface area contributed by atoms with Crippen LogP contribution in [0.3, 0.4) is 0 Å². The van der Waals surface area contributed by atoms with Crippen molar-refractivity contribution in [2.45, 2.75) is 23.1 Å². The summed E-state index contributed by atoms with van der Waals surface area (Å²) in [5, 5.41) is 2.95. The maximum atomic E-state index is 14.0. The Bertz CT molecular complexity index is 1770. The highest BCUT2D eigenvalue weighted by atomic mass is 35.5. The van der Waals surface area contributed by atoms with E-state index < -0.39 is 23.0 Å². The number of aromatic nitrogens is 1. The zero-order valence-corrected chi connectivity index (χ0v) is 24.8. The van der Waals surface area contributed by atoms with Crippen molar-refractivity contribution in [3.63, 3.8) is 0 Å². The van der Waals surface area contributed by atoms with Crippen LogP contribution < -0.4 is 24.6 Å². The number of nitrogens with zero attached hydrogens (tertiary/aromatic N) is 1. The number of thioether (sulfide) groups is 1. The minimum Gasteiger partial charge on any atom is -0.497 e. The Morgan fingerprint density at radius 1 is 1.05 bits per heavy atom. The monoisotopic (exact) mass is 621 g/mol. The molecule has 3 amide bonds. The molecule has 1 aromatic heterocycles. The lowest BCUT2D eigenvalue weighted by Crippen LogP contribution is -2.32. The SMILES string of the molecule is COc1ccc(N2C(=O)[C@H]3[C@H](c4cc(Cl)ccc4OCC(=O)Nc4ccccc4C)c4sc(=O)[nH]c4S[C@H]3C2=O)cc1. The third kappa shape index (κ3) is 5.08. The highest BCUT2D eigenvalue weighted by Crippen LogP contribution is 2.54. The van der Waals surface area contributed by atoms with Crippen molar-refractivity contribution in [3.05, 3.63) is 97.4 Å². The average Bonchev–Trinajstić information content (AvgIpc) is 3.47. The van der Waals surface area contributed by atoms with Gasteiger partial charge in [-0.1, -0.05) is 52.9 Å². The quantitative estimate of drug-likeness (QED) is 0.272. The number of aryl methyl sites for hydroxylation is 1. The lowest BCUT2D eigenvalue weighted by atomic mass is 9.82. The molecule has 214 valence electrons. The minimum atomic E-state index is -0.842. The number of benzene rings is 3. The van der Waals surface area contributed by atoms with Crippen molar-refractivity contribution in [2.24, 2.45) is 5.92 Å². The topological polar surface area (TPSA) is 118 Å². The molecule has 4 aromatic rings. The maximum absolute atomic E-state index is 14.0. The number of aromatic amines is 1. The van der Waals surface area contributed by atoms with Gasteiger partial charge in [0.2, 0.25) is 11.8 Å². The summed E-state index contributed by atoms with van der Waals surface area (Å²) >= 11 is 8.59. The molecule has 1 fully saturated rings. The fourth-order valence-corrected chi connectivity index (χ4v) is 7.96. The highest BCUT2D eigenvalue weighted by Gasteiger charge is 2.56. The summed E-state index contributed by atoms with van der Waals surface area (Å²) in [6.07, 6.45) is 0. The van der Waals surface area contributed by atoms with E-state index in [0.29, 0.717) is 43.4 Å². The van der Waals surface area contributed by atoms with E-state index in [1.165, 1.54) is 23.8 Å². The predicted octanol–water partition coefficient (Wildman–Crippen LogP) is 5.22. The Kier molecular flexibility index (Phi) is 7.56. The van der Waals surface area contributed by atoms with Crippen LogP contribution in [0.15, 0.2) is 76.6 Å². The first-order valence-electron chi connectivity index (χ1n) is 12.9. The highest BCUT2D eigenvalue weighted by molar-refractivity contribution is 8.00. The normalized spacial score (nSPS) is 19.3. The number of thiazole rings is 1. The largest absolute Gasteiger partial charge is 0.497 e. The Labute approximate surface area is 253 Å². The van der Waals surface area contributed by atoms with Crippen LogP contribution in [-0.2, 0) is 14.4 Å². The van der Waals surface area contributed by atoms with Crippen molar-refractivity contribution in [3.8, 4) is 11.5 Å². The van der Waals surface area contributed by atoms with Gasteiger partial charge in [-0.05, 0) is 61.0 Å². The van der Waals surface area contributed by atoms with Crippen molar-refractivity contribution in [1.82, 2.24) is 4.98 Å². The molecule has 0 spiro atoms. The van der Waals surface area contributed by atoms with Crippen LogP contribution in [0.2, 0.25) is 5.02 Å². The summed E-state index contributed by atoms with van der Waals surface area (Å²) in [6, 6.07) is 19.0. The summed E-state index contributed by atoms with van der Waals surface area (Å²) < 4.78 is 11.2. The first kappa shape index (κ1) is 28.1. The number of hydrogen-bond donors (Lipinski definition) is 2. The van der Waals surface area contributed by atoms with Gasteiger partial charge in [-0.25, -0.2) is 4.90 Å². The summed E-state index contributed by atoms with van der Waals surface area (Å²) in [5.41, 5.74) is 2.51. The molecule has 42 heavy (non-hydrogen) atoms. The van der Waals surface area contributed by atoms with Crippen molar-refractivity contribution in [2.75, 3.05) is 23.9 Å². The number of para-hydroxylation sites is 1. The van der Waals surface area contributed by atoms with Gasteiger partial charge in [0.05, 0.1) is 23.7 Å². The van der Waals surface area contributed by atoms with Crippen LogP contribution in [0.25, 0.3) is 0 Å². The Morgan fingerprint density at radius 3 is 2.55 bits per heavy atom. The van der Waals surface area contributed by atoms with Crippen LogP contribution in [0.1, 0.15) is 21.9 Å². The van der Waals surface area contributed by atoms with E-state index in [9.17, 15) is 19.2 Å². The molecule has 0 bridgehead atoms. The number of amides is 3. The number of anilines is 2. The lowest BCUT2D eigenvalue weighted by molar-refractivity contribution is -0.122. The number of nitrogens with one attached hydrogen (secondary N) is 2. The van der Waals surface area contributed by atoms with Crippen LogP contribution in [0, 0.1) is 12.8 Å².